The summed E-state index contributed by atoms with van der Waals surface area (Å²) in [5.74, 6) is -0.774. The van der Waals surface area contributed by atoms with Crippen molar-refractivity contribution in [2.24, 2.45) is 4.99 Å². The molecule has 1 aromatic heterocycles. The molecule has 3 heterocycles. The summed E-state index contributed by atoms with van der Waals surface area (Å²) in [4.78, 5) is 46.0. The summed E-state index contributed by atoms with van der Waals surface area (Å²) in [6, 6.07) is 9.44. The molecular formula is C20H18N4O3S. The molecule has 0 radical (unpaired) electrons. The molecule has 0 spiro atoms. The number of nitrogens with one attached hydrogen (secondary N) is 1. The van der Waals surface area contributed by atoms with Gasteiger partial charge in [0.05, 0.1) is 23.5 Å². The van der Waals surface area contributed by atoms with Crippen LogP contribution in [-0.2, 0) is 16.1 Å². The first kappa shape index (κ1) is 18.1. The maximum Gasteiger partial charge on any atom is 0.355 e. The lowest BCUT2D eigenvalue weighted by molar-refractivity contribution is -0.120. The van der Waals surface area contributed by atoms with E-state index in [0.29, 0.717) is 12.2 Å². The number of amides is 4. The van der Waals surface area contributed by atoms with Gasteiger partial charge >= 0.3 is 6.03 Å². The van der Waals surface area contributed by atoms with Crippen LogP contribution in [0.5, 0.6) is 0 Å². The molecule has 8 heteroatoms. The van der Waals surface area contributed by atoms with Crippen LogP contribution in [0.1, 0.15) is 10.4 Å². The average molecular weight is 394 g/mol. The van der Waals surface area contributed by atoms with E-state index in [1.165, 1.54) is 0 Å². The molecule has 1 atom stereocenters. The molecule has 2 aromatic rings. The van der Waals surface area contributed by atoms with E-state index in [0.717, 1.165) is 15.3 Å². The minimum atomic E-state index is -0.790. The number of thiophene rings is 1. The monoisotopic (exact) mass is 394 g/mol. The highest BCUT2D eigenvalue weighted by molar-refractivity contribution is 7.09. The maximum absolute atomic E-state index is 13.0. The van der Waals surface area contributed by atoms with Crippen molar-refractivity contribution >= 4 is 40.6 Å². The van der Waals surface area contributed by atoms with E-state index in [1.54, 1.807) is 41.6 Å². The van der Waals surface area contributed by atoms with Gasteiger partial charge in [0.2, 0.25) is 0 Å². The van der Waals surface area contributed by atoms with Crippen LogP contribution in [0.15, 0.2) is 58.5 Å². The lowest BCUT2D eigenvalue weighted by Gasteiger charge is -2.30. The van der Waals surface area contributed by atoms with Gasteiger partial charge in [0, 0.05) is 18.1 Å². The number of aliphatic imine (C=N–C) groups is 1. The molecule has 4 amide bonds. The molecule has 7 nitrogen and oxygen atoms in total. The summed E-state index contributed by atoms with van der Waals surface area (Å²) in [5, 5.41) is 4.75. The van der Waals surface area contributed by atoms with Gasteiger partial charge in [-0.15, -0.1) is 11.3 Å². The molecule has 0 aliphatic carbocycles. The molecule has 2 aliphatic rings. The number of carbonyl (C=O) groups excluding carboxylic acids is 3. The predicted octanol–water partition coefficient (Wildman–Crippen LogP) is 2.48. The third-order valence-corrected chi connectivity index (χ3v) is 5.55. The predicted molar refractivity (Wildman–Crippen MR) is 107 cm³/mol. The van der Waals surface area contributed by atoms with Crippen LogP contribution < -0.4 is 10.2 Å². The molecule has 0 saturated carbocycles. The number of aryl methyl sites for hydroxylation is 1. The number of benzene rings is 1. The Labute approximate surface area is 166 Å². The fourth-order valence-electron chi connectivity index (χ4n) is 3.25. The Morgan fingerprint density at radius 1 is 1.21 bits per heavy atom. The second kappa shape index (κ2) is 7.05. The lowest BCUT2D eigenvalue weighted by atomic mass is 10.0. The van der Waals surface area contributed by atoms with Gasteiger partial charge in [-0.2, -0.15) is 4.99 Å². The Kier molecular flexibility index (Phi) is 4.56. The number of likely N-dealkylation sites (N-methyl/N-ethyl adjacent to an activating group) is 1. The number of urea groups is 1. The summed E-state index contributed by atoms with van der Waals surface area (Å²) in [7, 11) is 1.70. The fraction of sp³-hybridized carbons (Fsp3) is 0.200. The van der Waals surface area contributed by atoms with Gasteiger partial charge in [-0.3, -0.25) is 9.59 Å². The molecule has 28 heavy (non-hydrogen) atoms. The normalized spacial score (nSPS) is 18.7. The molecule has 1 N–H and O–H groups in total. The summed E-state index contributed by atoms with van der Waals surface area (Å²) < 4.78 is 0. The second-order valence-corrected chi connectivity index (χ2v) is 7.69. The van der Waals surface area contributed by atoms with Gasteiger partial charge in [-0.05, 0) is 30.5 Å². The first-order valence-corrected chi connectivity index (χ1v) is 9.61. The quantitative estimate of drug-likeness (QED) is 0.864. The molecular weight excluding hydrogens is 376 g/mol. The smallest absolute Gasteiger partial charge is 0.355 e. The largest absolute Gasteiger partial charge is 0.363 e. The van der Waals surface area contributed by atoms with E-state index in [1.807, 2.05) is 36.6 Å². The standard InChI is InChI=1S/C20H18N4O3S/c1-12-5-7-13(8-6-12)24-19(26)17-16(22-20(24)27)15(11-23(17)2)18(25)21-10-14-4-3-9-28-14/h3-9,11,17H,10H2,1-2H3,(H,21,25). The van der Waals surface area contributed by atoms with Crippen LogP contribution >= 0.6 is 11.3 Å². The van der Waals surface area contributed by atoms with Crippen LogP contribution in [0, 0.1) is 6.92 Å². The highest BCUT2D eigenvalue weighted by Gasteiger charge is 2.46. The Hall–Kier alpha value is -3.26. The second-order valence-electron chi connectivity index (χ2n) is 6.66. The third kappa shape index (κ3) is 3.11. The lowest BCUT2D eigenvalue weighted by Crippen LogP contribution is -2.53. The first-order valence-electron chi connectivity index (χ1n) is 8.73. The summed E-state index contributed by atoms with van der Waals surface area (Å²) in [5.41, 5.74) is 1.93. The van der Waals surface area contributed by atoms with E-state index in [9.17, 15) is 14.4 Å². The summed E-state index contributed by atoms with van der Waals surface area (Å²) >= 11 is 1.54. The molecule has 0 bridgehead atoms. The third-order valence-electron chi connectivity index (χ3n) is 4.68. The number of hydrogen-bond donors (Lipinski definition) is 1. The molecule has 142 valence electrons. The van der Waals surface area contributed by atoms with Crippen molar-refractivity contribution in [1.82, 2.24) is 10.2 Å². The molecule has 1 unspecified atom stereocenters. The van der Waals surface area contributed by atoms with Gasteiger partial charge < -0.3 is 10.2 Å². The Morgan fingerprint density at radius 2 is 1.96 bits per heavy atom. The number of nitrogens with zero attached hydrogens (tertiary/aromatic N) is 3. The summed E-state index contributed by atoms with van der Waals surface area (Å²) in [6.07, 6.45) is 1.57. The topological polar surface area (TPSA) is 82.1 Å². The molecule has 1 aromatic carbocycles. The Morgan fingerprint density at radius 3 is 2.64 bits per heavy atom. The van der Waals surface area contributed by atoms with Gasteiger partial charge in [0.15, 0.2) is 6.04 Å². The number of carbonyl (C=O) groups is 3. The van der Waals surface area contributed by atoms with Crippen LogP contribution in [0.2, 0.25) is 0 Å². The van der Waals surface area contributed by atoms with Crippen LogP contribution in [-0.4, -0.2) is 41.5 Å². The highest BCUT2D eigenvalue weighted by Crippen LogP contribution is 2.28. The number of hydrogen-bond acceptors (Lipinski definition) is 5. The summed E-state index contributed by atoms with van der Waals surface area (Å²) in [6.45, 7) is 2.31. The van der Waals surface area contributed by atoms with Crippen LogP contribution in [0.25, 0.3) is 0 Å². The van der Waals surface area contributed by atoms with Gasteiger partial charge in [-0.1, -0.05) is 23.8 Å². The van der Waals surface area contributed by atoms with Crippen molar-refractivity contribution in [3.8, 4) is 0 Å². The average Bonchev–Trinajstić information content (AvgIpc) is 3.29. The van der Waals surface area contributed by atoms with E-state index in [4.69, 9.17) is 0 Å². The Bertz CT molecular complexity index is 1010. The van der Waals surface area contributed by atoms with Crippen molar-refractivity contribution in [2.45, 2.75) is 19.5 Å². The van der Waals surface area contributed by atoms with Gasteiger partial charge in [0.1, 0.15) is 0 Å². The van der Waals surface area contributed by atoms with E-state index >= 15 is 0 Å². The van der Waals surface area contributed by atoms with Crippen molar-refractivity contribution in [2.75, 3.05) is 11.9 Å². The number of anilines is 1. The van der Waals surface area contributed by atoms with E-state index in [-0.39, 0.29) is 17.2 Å². The Balaban J connectivity index is 1.59. The molecule has 0 fully saturated rings. The van der Waals surface area contributed by atoms with E-state index < -0.39 is 18.0 Å². The zero-order valence-corrected chi connectivity index (χ0v) is 16.2. The molecule has 0 saturated heterocycles. The number of rotatable bonds is 4. The maximum atomic E-state index is 13.0. The highest BCUT2D eigenvalue weighted by atomic mass is 32.1. The zero-order valence-electron chi connectivity index (χ0n) is 15.4. The first-order chi connectivity index (χ1) is 13.5. The minimum absolute atomic E-state index is 0.199. The van der Waals surface area contributed by atoms with Crippen LogP contribution in [0.3, 0.4) is 0 Å². The van der Waals surface area contributed by atoms with Gasteiger partial charge in [0.25, 0.3) is 11.8 Å². The van der Waals surface area contributed by atoms with Gasteiger partial charge in [-0.25, -0.2) is 9.69 Å². The minimum Gasteiger partial charge on any atom is -0.363 e. The SMILES string of the molecule is Cc1ccc(N2C(=O)N=C3C(C(=O)NCc4cccs4)=CN(C)C3C2=O)cc1. The fourth-order valence-corrected chi connectivity index (χ4v) is 3.89. The van der Waals surface area contributed by atoms with Crippen molar-refractivity contribution < 1.29 is 14.4 Å². The van der Waals surface area contributed by atoms with Crippen LogP contribution in [0.4, 0.5) is 10.5 Å². The molecule has 4 rings (SSSR count). The number of fused-ring (bicyclic) bond motifs is 1. The number of imide groups is 1. The van der Waals surface area contributed by atoms with Crippen molar-refractivity contribution in [1.29, 1.82) is 0 Å². The zero-order chi connectivity index (χ0) is 19.8. The van der Waals surface area contributed by atoms with Crippen molar-refractivity contribution in [3.05, 3.63) is 64.0 Å². The van der Waals surface area contributed by atoms with E-state index in [2.05, 4.69) is 10.3 Å². The van der Waals surface area contributed by atoms with Crippen molar-refractivity contribution in [3.63, 3.8) is 0 Å². The molecule has 2 aliphatic heterocycles.